The quantitative estimate of drug-likeness (QED) is 0.727. The Bertz CT molecular complexity index is 992. The van der Waals surface area contributed by atoms with Gasteiger partial charge in [-0.1, -0.05) is 6.07 Å². The fraction of sp³-hybridized carbons (Fsp3) is 0.435. The lowest BCUT2D eigenvalue weighted by molar-refractivity contribution is 0.0510. The molecule has 6 nitrogen and oxygen atoms in total. The summed E-state index contributed by atoms with van der Waals surface area (Å²) in [6, 6.07) is 11.9. The van der Waals surface area contributed by atoms with Gasteiger partial charge in [-0.05, 0) is 88.9 Å². The smallest absolute Gasteiger partial charge is 0.262 e. The van der Waals surface area contributed by atoms with E-state index in [1.165, 1.54) is 6.07 Å². The minimum Gasteiger partial charge on any atom is -0.494 e. The Kier molecular flexibility index (Phi) is 6.71. The molecule has 162 valence electrons. The van der Waals surface area contributed by atoms with Crippen LogP contribution in [0.2, 0.25) is 0 Å². The molecule has 0 spiro atoms. The predicted octanol–water partition coefficient (Wildman–Crippen LogP) is 4.60. The van der Waals surface area contributed by atoms with Gasteiger partial charge in [0.1, 0.15) is 5.75 Å². The number of ether oxygens (including phenoxy) is 1. The highest BCUT2D eigenvalue weighted by atomic mass is 32.2. The Labute approximate surface area is 179 Å². The Balaban J connectivity index is 1.87. The van der Waals surface area contributed by atoms with E-state index in [0.717, 1.165) is 19.3 Å². The molecule has 30 heavy (non-hydrogen) atoms. The fourth-order valence-corrected chi connectivity index (χ4v) is 5.32. The number of likely N-dealkylation sites (tertiary alicyclic amines) is 1. The molecule has 0 radical (unpaired) electrons. The minimum atomic E-state index is -3.84. The third-order valence-electron chi connectivity index (χ3n) is 5.57. The summed E-state index contributed by atoms with van der Waals surface area (Å²) in [6.07, 6.45) is 3.03. The number of hydrogen-bond acceptors (Lipinski definition) is 4. The lowest BCUT2D eigenvalue weighted by atomic mass is 9.96. The molecule has 2 atom stereocenters. The molecule has 2 unspecified atom stereocenters. The number of aryl methyl sites for hydroxylation is 1. The monoisotopic (exact) mass is 430 g/mol. The van der Waals surface area contributed by atoms with Crippen molar-refractivity contribution in [1.29, 1.82) is 0 Å². The number of sulfonamides is 1. The summed E-state index contributed by atoms with van der Waals surface area (Å²) in [5.41, 5.74) is 1.42. The van der Waals surface area contributed by atoms with Gasteiger partial charge in [-0.15, -0.1) is 0 Å². The van der Waals surface area contributed by atoms with Crippen LogP contribution in [0.15, 0.2) is 47.4 Å². The second-order valence-electron chi connectivity index (χ2n) is 7.88. The van der Waals surface area contributed by atoms with Gasteiger partial charge in [0.05, 0.1) is 11.5 Å². The van der Waals surface area contributed by atoms with E-state index < -0.39 is 10.0 Å². The summed E-state index contributed by atoms with van der Waals surface area (Å²) in [6.45, 7) is 8.26. The number of carbonyl (C=O) groups excluding carboxylic acids is 1. The van der Waals surface area contributed by atoms with Crippen LogP contribution in [0.1, 0.15) is 56.0 Å². The van der Waals surface area contributed by atoms with Crippen LogP contribution in [0.4, 0.5) is 5.69 Å². The predicted molar refractivity (Wildman–Crippen MR) is 119 cm³/mol. The minimum absolute atomic E-state index is 0.111. The van der Waals surface area contributed by atoms with E-state index in [4.69, 9.17) is 4.74 Å². The lowest BCUT2D eigenvalue weighted by Crippen LogP contribution is -2.47. The lowest BCUT2D eigenvalue weighted by Gasteiger charge is -2.39. The van der Waals surface area contributed by atoms with Crippen molar-refractivity contribution in [3.8, 4) is 5.75 Å². The summed E-state index contributed by atoms with van der Waals surface area (Å²) in [5, 5.41) is 0. The molecule has 0 saturated carbocycles. The van der Waals surface area contributed by atoms with E-state index in [-0.39, 0.29) is 22.9 Å². The molecule has 1 aliphatic rings. The van der Waals surface area contributed by atoms with Crippen molar-refractivity contribution < 1.29 is 17.9 Å². The van der Waals surface area contributed by atoms with E-state index in [0.29, 0.717) is 29.2 Å². The number of carbonyl (C=O) groups is 1. The van der Waals surface area contributed by atoms with Crippen molar-refractivity contribution in [1.82, 2.24) is 4.90 Å². The summed E-state index contributed by atoms with van der Waals surface area (Å²) in [4.78, 5) is 15.2. The molecular formula is C23H30N2O4S. The Morgan fingerprint density at radius 1 is 1.10 bits per heavy atom. The van der Waals surface area contributed by atoms with Gasteiger partial charge >= 0.3 is 0 Å². The normalized spacial score (nSPS) is 19.4. The maximum atomic E-state index is 13.2. The van der Waals surface area contributed by atoms with E-state index in [1.54, 1.807) is 43.3 Å². The highest BCUT2D eigenvalue weighted by molar-refractivity contribution is 7.92. The van der Waals surface area contributed by atoms with Crippen LogP contribution in [0.25, 0.3) is 0 Å². The molecule has 0 aromatic heterocycles. The third-order valence-corrected chi connectivity index (χ3v) is 7.09. The second-order valence-corrected chi connectivity index (χ2v) is 9.54. The topological polar surface area (TPSA) is 75.7 Å². The number of piperidine rings is 1. The molecule has 7 heteroatoms. The number of anilines is 1. The first-order valence-electron chi connectivity index (χ1n) is 10.4. The van der Waals surface area contributed by atoms with Gasteiger partial charge in [0.2, 0.25) is 0 Å². The number of benzene rings is 2. The van der Waals surface area contributed by atoms with Gasteiger partial charge < -0.3 is 9.64 Å². The zero-order chi connectivity index (χ0) is 21.9. The molecule has 0 aliphatic carbocycles. The molecule has 1 saturated heterocycles. The first-order valence-corrected chi connectivity index (χ1v) is 11.9. The van der Waals surface area contributed by atoms with Crippen LogP contribution in [0.5, 0.6) is 5.75 Å². The van der Waals surface area contributed by atoms with Crippen molar-refractivity contribution in [2.45, 2.75) is 63.9 Å². The Morgan fingerprint density at radius 2 is 1.73 bits per heavy atom. The molecule has 1 amide bonds. The van der Waals surface area contributed by atoms with Crippen molar-refractivity contribution >= 4 is 21.6 Å². The van der Waals surface area contributed by atoms with Gasteiger partial charge in [0.25, 0.3) is 15.9 Å². The summed E-state index contributed by atoms with van der Waals surface area (Å²) >= 11 is 0. The molecule has 1 N–H and O–H groups in total. The largest absolute Gasteiger partial charge is 0.494 e. The molecule has 2 aromatic carbocycles. The fourth-order valence-electron chi connectivity index (χ4n) is 3.99. The summed E-state index contributed by atoms with van der Waals surface area (Å²) in [5.74, 6) is 0.557. The number of amides is 1. The highest BCUT2D eigenvalue weighted by Crippen LogP contribution is 2.27. The Hall–Kier alpha value is -2.54. The van der Waals surface area contributed by atoms with Gasteiger partial charge in [0, 0.05) is 23.3 Å². The first-order chi connectivity index (χ1) is 14.2. The van der Waals surface area contributed by atoms with E-state index in [2.05, 4.69) is 4.72 Å². The highest BCUT2D eigenvalue weighted by Gasteiger charge is 2.30. The van der Waals surface area contributed by atoms with E-state index in [1.807, 2.05) is 25.7 Å². The number of nitrogens with zero attached hydrogens (tertiary/aromatic N) is 1. The zero-order valence-electron chi connectivity index (χ0n) is 18.0. The molecule has 0 bridgehead atoms. The molecule has 1 heterocycles. The average molecular weight is 431 g/mol. The van der Waals surface area contributed by atoms with Gasteiger partial charge in [-0.25, -0.2) is 8.42 Å². The van der Waals surface area contributed by atoms with Crippen LogP contribution < -0.4 is 9.46 Å². The van der Waals surface area contributed by atoms with Crippen LogP contribution in [-0.4, -0.2) is 37.9 Å². The number of rotatable bonds is 6. The number of hydrogen-bond donors (Lipinski definition) is 1. The van der Waals surface area contributed by atoms with Crippen molar-refractivity contribution in [3.05, 3.63) is 53.6 Å². The van der Waals surface area contributed by atoms with Crippen LogP contribution in [-0.2, 0) is 10.0 Å². The van der Waals surface area contributed by atoms with Crippen molar-refractivity contribution in [2.75, 3.05) is 11.3 Å². The van der Waals surface area contributed by atoms with Gasteiger partial charge in [-0.3, -0.25) is 9.52 Å². The molecule has 3 rings (SSSR count). The van der Waals surface area contributed by atoms with Crippen molar-refractivity contribution in [2.24, 2.45) is 0 Å². The van der Waals surface area contributed by atoms with E-state index >= 15 is 0 Å². The average Bonchev–Trinajstić information content (AvgIpc) is 2.69. The first kappa shape index (κ1) is 22.2. The zero-order valence-corrected chi connectivity index (χ0v) is 18.8. The van der Waals surface area contributed by atoms with Crippen LogP contribution in [0.3, 0.4) is 0 Å². The second kappa shape index (κ2) is 9.08. The molecule has 1 aliphatic heterocycles. The van der Waals surface area contributed by atoms with Crippen molar-refractivity contribution in [3.63, 3.8) is 0 Å². The SMILES string of the molecule is CCOc1ccc(NS(=O)(=O)c2cc(C(=O)N3C(C)CCCC3C)ccc2C)cc1. The number of nitrogens with one attached hydrogen (secondary N) is 1. The maximum Gasteiger partial charge on any atom is 0.262 e. The summed E-state index contributed by atoms with van der Waals surface area (Å²) < 4.78 is 34.1. The molecule has 1 fully saturated rings. The standard InChI is InChI=1S/C23H30N2O4S/c1-5-29-21-13-11-20(12-14-21)24-30(27,28)22-15-19(10-9-16(22)2)23(26)25-17(3)7-6-8-18(25)4/h9-15,17-18,24H,5-8H2,1-4H3. The van der Waals surface area contributed by atoms with E-state index in [9.17, 15) is 13.2 Å². The van der Waals surface area contributed by atoms with Gasteiger partial charge in [-0.2, -0.15) is 0 Å². The third kappa shape index (κ3) is 4.78. The Morgan fingerprint density at radius 3 is 2.33 bits per heavy atom. The summed E-state index contributed by atoms with van der Waals surface area (Å²) in [7, 11) is -3.84. The van der Waals surface area contributed by atoms with Gasteiger partial charge in [0.15, 0.2) is 0 Å². The molecular weight excluding hydrogens is 400 g/mol. The van der Waals surface area contributed by atoms with Crippen LogP contribution >= 0.6 is 0 Å². The maximum absolute atomic E-state index is 13.2. The molecule has 2 aromatic rings. The van der Waals surface area contributed by atoms with Crippen LogP contribution in [0, 0.1) is 6.92 Å².